The molecule has 2 rings (SSSR count). The predicted molar refractivity (Wildman–Crippen MR) is 88.7 cm³/mol. The minimum Gasteiger partial charge on any atom is -0.356 e. The van der Waals surface area contributed by atoms with Crippen LogP contribution < -0.4 is 10.6 Å². The molecule has 22 heavy (non-hydrogen) atoms. The number of guanidine groups is 1. The zero-order valence-electron chi connectivity index (χ0n) is 13.9. The zero-order valence-corrected chi connectivity index (χ0v) is 13.9. The van der Waals surface area contributed by atoms with Crippen LogP contribution >= 0.6 is 0 Å². The Bertz CT molecular complexity index is 446. The molecule has 0 spiro atoms. The Kier molecular flexibility index (Phi) is 7.15. The van der Waals surface area contributed by atoms with E-state index < -0.39 is 0 Å². The van der Waals surface area contributed by atoms with Gasteiger partial charge in [-0.15, -0.1) is 0 Å². The van der Waals surface area contributed by atoms with Gasteiger partial charge in [0.05, 0.1) is 6.54 Å². The summed E-state index contributed by atoms with van der Waals surface area (Å²) in [5.41, 5.74) is 0. The fourth-order valence-electron chi connectivity index (χ4n) is 2.73. The Hall–Kier alpha value is -1.63. The van der Waals surface area contributed by atoms with Crippen LogP contribution in [0.25, 0.3) is 0 Å². The first kappa shape index (κ1) is 16.7. The topological polar surface area (TPSA) is 70.4 Å². The first-order chi connectivity index (χ1) is 10.8. The van der Waals surface area contributed by atoms with Gasteiger partial charge in [0.25, 0.3) is 0 Å². The predicted octanol–water partition coefficient (Wildman–Crippen LogP) is 0.746. The van der Waals surface area contributed by atoms with Crippen LogP contribution in [-0.2, 0) is 13.6 Å². The lowest BCUT2D eigenvalue weighted by Gasteiger charge is -2.20. The van der Waals surface area contributed by atoms with E-state index in [0.29, 0.717) is 6.54 Å². The molecule has 1 aliphatic heterocycles. The van der Waals surface area contributed by atoms with E-state index in [4.69, 9.17) is 0 Å². The maximum Gasteiger partial charge on any atom is 0.191 e. The van der Waals surface area contributed by atoms with Gasteiger partial charge in [0.15, 0.2) is 5.96 Å². The van der Waals surface area contributed by atoms with Crippen LogP contribution in [0.2, 0.25) is 0 Å². The van der Waals surface area contributed by atoms with E-state index in [-0.39, 0.29) is 0 Å². The summed E-state index contributed by atoms with van der Waals surface area (Å²) >= 11 is 0. The minimum atomic E-state index is 0.627. The summed E-state index contributed by atoms with van der Waals surface area (Å²) in [6, 6.07) is 0. The second-order valence-electron chi connectivity index (χ2n) is 5.76. The molecule has 1 aromatic rings. The molecule has 1 saturated heterocycles. The number of aryl methyl sites for hydroxylation is 1. The lowest BCUT2D eigenvalue weighted by atomic mass is 10.2. The summed E-state index contributed by atoms with van der Waals surface area (Å²) in [7, 11) is 3.68. The van der Waals surface area contributed by atoms with Gasteiger partial charge in [0.1, 0.15) is 12.2 Å². The quantitative estimate of drug-likeness (QED) is 0.461. The summed E-state index contributed by atoms with van der Waals surface area (Å²) in [6.07, 6.45) is 8.21. The fraction of sp³-hybridized carbons (Fsp3) is 0.800. The van der Waals surface area contributed by atoms with Gasteiger partial charge in [-0.25, -0.2) is 4.98 Å². The van der Waals surface area contributed by atoms with Gasteiger partial charge < -0.3 is 15.5 Å². The molecule has 0 aromatic carbocycles. The molecule has 0 unspecified atom stereocenters. The Morgan fingerprint density at radius 3 is 2.64 bits per heavy atom. The Morgan fingerprint density at radius 1 is 1.23 bits per heavy atom. The lowest BCUT2D eigenvalue weighted by molar-refractivity contribution is 0.282. The van der Waals surface area contributed by atoms with Gasteiger partial charge in [-0.1, -0.05) is 12.8 Å². The van der Waals surface area contributed by atoms with Crippen molar-refractivity contribution < 1.29 is 0 Å². The first-order valence-electron chi connectivity index (χ1n) is 8.29. The van der Waals surface area contributed by atoms with E-state index >= 15 is 0 Å². The molecule has 1 aromatic heterocycles. The maximum atomic E-state index is 4.24. The second-order valence-corrected chi connectivity index (χ2v) is 5.76. The van der Waals surface area contributed by atoms with Crippen LogP contribution in [0.15, 0.2) is 11.3 Å². The highest BCUT2D eigenvalue weighted by atomic mass is 15.3. The van der Waals surface area contributed by atoms with Crippen molar-refractivity contribution in [3.05, 3.63) is 12.2 Å². The van der Waals surface area contributed by atoms with E-state index in [1.807, 2.05) is 7.05 Å². The summed E-state index contributed by atoms with van der Waals surface area (Å²) in [6.45, 7) is 5.27. The minimum absolute atomic E-state index is 0.627. The van der Waals surface area contributed by atoms with E-state index in [9.17, 15) is 0 Å². The molecule has 0 amide bonds. The van der Waals surface area contributed by atoms with Crippen molar-refractivity contribution in [2.45, 2.75) is 38.6 Å². The van der Waals surface area contributed by atoms with Gasteiger partial charge in [-0.3, -0.25) is 9.67 Å². The summed E-state index contributed by atoms with van der Waals surface area (Å²) in [5.74, 6) is 1.71. The third-order valence-corrected chi connectivity index (χ3v) is 4.08. The molecule has 7 nitrogen and oxygen atoms in total. The number of aromatic nitrogens is 3. The maximum absolute atomic E-state index is 4.24. The highest BCUT2D eigenvalue weighted by molar-refractivity contribution is 5.79. The number of aliphatic imine (C=N–C) groups is 1. The molecule has 0 radical (unpaired) electrons. The van der Waals surface area contributed by atoms with Gasteiger partial charge >= 0.3 is 0 Å². The van der Waals surface area contributed by atoms with E-state index in [2.05, 4.69) is 30.6 Å². The van der Waals surface area contributed by atoms with Crippen molar-refractivity contribution in [1.82, 2.24) is 30.3 Å². The standard InChI is InChI=1S/C15H29N7/c1-16-15(18-12-14-19-13-20-21(14)2)17-8-7-11-22-9-5-3-4-6-10-22/h13H,3-12H2,1-2H3,(H2,16,17,18). The smallest absolute Gasteiger partial charge is 0.191 e. The number of hydrogen-bond donors (Lipinski definition) is 2. The van der Waals surface area contributed by atoms with Crippen molar-refractivity contribution >= 4 is 5.96 Å². The molecule has 0 saturated carbocycles. The molecule has 1 aliphatic rings. The second kappa shape index (κ2) is 9.40. The third-order valence-electron chi connectivity index (χ3n) is 4.08. The van der Waals surface area contributed by atoms with Crippen molar-refractivity contribution in [2.24, 2.45) is 12.0 Å². The normalized spacial score (nSPS) is 17.3. The third kappa shape index (κ3) is 5.63. The molecule has 0 aliphatic carbocycles. The van der Waals surface area contributed by atoms with Crippen LogP contribution in [0.4, 0.5) is 0 Å². The first-order valence-corrected chi connectivity index (χ1v) is 8.29. The van der Waals surface area contributed by atoms with Crippen molar-refractivity contribution in [3.63, 3.8) is 0 Å². The number of hydrogen-bond acceptors (Lipinski definition) is 4. The van der Waals surface area contributed by atoms with Crippen molar-refractivity contribution in [1.29, 1.82) is 0 Å². The Balaban J connectivity index is 1.61. The molecule has 0 atom stereocenters. The average molecular weight is 307 g/mol. The van der Waals surface area contributed by atoms with Crippen LogP contribution in [0.5, 0.6) is 0 Å². The van der Waals surface area contributed by atoms with Gasteiger partial charge in [0.2, 0.25) is 0 Å². The van der Waals surface area contributed by atoms with Crippen LogP contribution in [0, 0.1) is 0 Å². The highest BCUT2D eigenvalue weighted by Gasteiger charge is 2.08. The Morgan fingerprint density at radius 2 is 2.00 bits per heavy atom. The van der Waals surface area contributed by atoms with E-state index in [1.54, 1.807) is 18.1 Å². The number of nitrogens with zero attached hydrogens (tertiary/aromatic N) is 5. The molecule has 1 fully saturated rings. The van der Waals surface area contributed by atoms with Gasteiger partial charge in [-0.2, -0.15) is 5.10 Å². The monoisotopic (exact) mass is 307 g/mol. The van der Waals surface area contributed by atoms with Gasteiger partial charge in [-0.05, 0) is 38.9 Å². The number of nitrogens with one attached hydrogen (secondary N) is 2. The molecule has 7 heteroatoms. The Labute approximate surface area is 133 Å². The van der Waals surface area contributed by atoms with Crippen LogP contribution in [0.1, 0.15) is 37.9 Å². The van der Waals surface area contributed by atoms with Crippen LogP contribution in [-0.4, -0.2) is 58.9 Å². The molecule has 2 N–H and O–H groups in total. The molecular formula is C15H29N7. The summed E-state index contributed by atoms with van der Waals surface area (Å²) in [5, 5.41) is 10.7. The van der Waals surface area contributed by atoms with E-state index in [1.165, 1.54) is 45.3 Å². The zero-order chi connectivity index (χ0) is 15.6. The average Bonchev–Trinajstić information content (AvgIpc) is 2.77. The van der Waals surface area contributed by atoms with Gasteiger partial charge in [0, 0.05) is 20.6 Å². The van der Waals surface area contributed by atoms with Crippen molar-refractivity contribution in [2.75, 3.05) is 33.2 Å². The number of likely N-dealkylation sites (tertiary alicyclic amines) is 1. The largest absolute Gasteiger partial charge is 0.356 e. The molecular weight excluding hydrogens is 278 g/mol. The van der Waals surface area contributed by atoms with Crippen molar-refractivity contribution in [3.8, 4) is 0 Å². The summed E-state index contributed by atoms with van der Waals surface area (Å²) < 4.78 is 1.76. The fourth-order valence-corrected chi connectivity index (χ4v) is 2.73. The molecule has 0 bridgehead atoms. The molecule has 124 valence electrons. The SMILES string of the molecule is CN=C(NCCCN1CCCCCC1)NCc1ncnn1C. The number of rotatable bonds is 6. The molecule has 2 heterocycles. The lowest BCUT2D eigenvalue weighted by Crippen LogP contribution is -2.39. The summed E-state index contributed by atoms with van der Waals surface area (Å²) in [4.78, 5) is 11.0. The highest BCUT2D eigenvalue weighted by Crippen LogP contribution is 2.09. The van der Waals surface area contributed by atoms with E-state index in [0.717, 1.165) is 24.7 Å². The van der Waals surface area contributed by atoms with Crippen LogP contribution in [0.3, 0.4) is 0 Å².